The van der Waals surface area contributed by atoms with Crippen molar-refractivity contribution in [2.24, 2.45) is 0 Å². The number of nitro benzene ring substituents is 1. The lowest BCUT2D eigenvalue weighted by atomic mass is 10.1. The lowest BCUT2D eigenvalue weighted by Crippen LogP contribution is -2.09. The van der Waals surface area contributed by atoms with Gasteiger partial charge in [0.2, 0.25) is 0 Å². The van der Waals surface area contributed by atoms with Crippen molar-refractivity contribution in [1.29, 1.82) is 0 Å². The van der Waals surface area contributed by atoms with Crippen LogP contribution in [-0.4, -0.2) is 33.8 Å². The number of rotatable bonds is 15. The molecule has 156 valence electrons. The van der Waals surface area contributed by atoms with Crippen molar-refractivity contribution >= 4 is 11.5 Å². The van der Waals surface area contributed by atoms with E-state index in [2.05, 4.69) is 6.92 Å². The monoisotopic (exact) mass is 393 g/mol. The van der Waals surface area contributed by atoms with Gasteiger partial charge in [0.25, 0.3) is 0 Å². The van der Waals surface area contributed by atoms with Crippen LogP contribution in [0, 0.1) is 10.1 Å². The standard InChI is InChI=1S/C21H31NO6/c1-2-3-4-5-6-7-8-9-15-28-21(25)12-10-11-19(23)17-13-14-18(22(26)27)20(24)16-17/h10,12-14,16,21,24-25H,2-9,11,15H2,1H3. The number of phenols is 1. The number of nitro groups is 1. The molecule has 0 saturated carbocycles. The van der Waals surface area contributed by atoms with Crippen LogP contribution in [0.25, 0.3) is 0 Å². The molecule has 0 aliphatic rings. The lowest BCUT2D eigenvalue weighted by molar-refractivity contribution is -0.385. The van der Waals surface area contributed by atoms with Crippen LogP contribution in [0.5, 0.6) is 5.75 Å². The quantitative estimate of drug-likeness (QED) is 0.109. The summed E-state index contributed by atoms with van der Waals surface area (Å²) >= 11 is 0. The number of carbonyl (C=O) groups excluding carboxylic acids is 1. The molecular formula is C21H31NO6. The van der Waals surface area contributed by atoms with E-state index in [1.807, 2.05) is 0 Å². The first-order valence-corrected chi connectivity index (χ1v) is 9.92. The molecule has 0 aromatic heterocycles. The molecule has 7 heteroatoms. The Morgan fingerprint density at radius 3 is 2.43 bits per heavy atom. The maximum Gasteiger partial charge on any atom is 0.310 e. The van der Waals surface area contributed by atoms with Crippen LogP contribution in [0.4, 0.5) is 5.69 Å². The third-order valence-corrected chi connectivity index (χ3v) is 4.38. The molecule has 0 fully saturated rings. The molecule has 0 radical (unpaired) electrons. The number of benzene rings is 1. The molecule has 1 aromatic rings. The van der Waals surface area contributed by atoms with Crippen molar-refractivity contribution in [1.82, 2.24) is 0 Å². The number of ether oxygens (including phenoxy) is 1. The van der Waals surface area contributed by atoms with E-state index in [-0.39, 0.29) is 17.8 Å². The van der Waals surface area contributed by atoms with Gasteiger partial charge in [0, 0.05) is 18.1 Å². The molecule has 0 aliphatic heterocycles. The number of phenolic OH excluding ortho intramolecular Hbond substituents is 1. The molecule has 0 spiro atoms. The molecular weight excluding hydrogens is 362 g/mol. The van der Waals surface area contributed by atoms with Crippen LogP contribution in [0.3, 0.4) is 0 Å². The minimum absolute atomic E-state index is 0.00453. The molecule has 0 aliphatic carbocycles. The van der Waals surface area contributed by atoms with E-state index in [1.165, 1.54) is 56.7 Å². The topological polar surface area (TPSA) is 110 Å². The average Bonchev–Trinajstić information content (AvgIpc) is 2.66. The van der Waals surface area contributed by atoms with Gasteiger partial charge in [-0.1, -0.05) is 57.9 Å². The van der Waals surface area contributed by atoms with Gasteiger partial charge < -0.3 is 14.9 Å². The number of carbonyl (C=O) groups is 1. The van der Waals surface area contributed by atoms with Gasteiger partial charge in [-0.25, -0.2) is 0 Å². The Balaban J connectivity index is 2.21. The number of hydrogen-bond acceptors (Lipinski definition) is 6. The van der Waals surface area contributed by atoms with E-state index in [4.69, 9.17) is 4.74 Å². The van der Waals surface area contributed by atoms with Crippen LogP contribution in [0.1, 0.15) is 75.1 Å². The van der Waals surface area contributed by atoms with Crippen molar-refractivity contribution < 1.29 is 24.7 Å². The molecule has 0 amide bonds. The van der Waals surface area contributed by atoms with Crippen LogP contribution in [-0.2, 0) is 4.74 Å². The van der Waals surface area contributed by atoms with E-state index in [1.54, 1.807) is 0 Å². The summed E-state index contributed by atoms with van der Waals surface area (Å²) in [6, 6.07) is 3.46. The smallest absolute Gasteiger partial charge is 0.310 e. The van der Waals surface area contributed by atoms with Crippen LogP contribution in [0.2, 0.25) is 0 Å². The Bertz CT molecular complexity index is 644. The molecule has 2 N–H and O–H groups in total. The van der Waals surface area contributed by atoms with Gasteiger partial charge in [-0.15, -0.1) is 0 Å². The fraction of sp³-hybridized carbons (Fsp3) is 0.571. The summed E-state index contributed by atoms with van der Waals surface area (Å²) in [6.45, 7) is 2.66. The predicted molar refractivity (Wildman–Crippen MR) is 107 cm³/mol. The van der Waals surface area contributed by atoms with Crippen molar-refractivity contribution in [3.8, 4) is 5.75 Å². The third-order valence-electron chi connectivity index (χ3n) is 4.38. The zero-order valence-electron chi connectivity index (χ0n) is 16.5. The summed E-state index contributed by atoms with van der Waals surface area (Å²) in [5, 5.41) is 30.0. The highest BCUT2D eigenvalue weighted by Crippen LogP contribution is 2.26. The van der Waals surface area contributed by atoms with Crippen LogP contribution in [0.15, 0.2) is 30.4 Å². The number of nitrogens with zero attached hydrogens (tertiary/aromatic N) is 1. The Hall–Kier alpha value is -2.25. The van der Waals surface area contributed by atoms with E-state index in [9.17, 15) is 25.1 Å². The Labute approximate surface area is 166 Å². The van der Waals surface area contributed by atoms with Gasteiger partial charge in [-0.2, -0.15) is 0 Å². The predicted octanol–water partition coefficient (Wildman–Crippen LogP) is 4.91. The minimum Gasteiger partial charge on any atom is -0.502 e. The lowest BCUT2D eigenvalue weighted by Gasteiger charge is -2.07. The highest BCUT2D eigenvalue weighted by Gasteiger charge is 2.15. The van der Waals surface area contributed by atoms with Crippen molar-refractivity contribution in [2.75, 3.05) is 6.61 Å². The molecule has 1 aromatic carbocycles. The van der Waals surface area contributed by atoms with Gasteiger partial charge in [0.05, 0.1) is 11.5 Å². The SMILES string of the molecule is CCCCCCCCCCOC(O)C=CCC(=O)c1ccc([N+](=O)[O-])c(O)c1. The second kappa shape index (κ2) is 13.8. The summed E-state index contributed by atoms with van der Waals surface area (Å²) in [7, 11) is 0. The fourth-order valence-corrected chi connectivity index (χ4v) is 2.76. The zero-order valence-corrected chi connectivity index (χ0v) is 16.5. The maximum atomic E-state index is 12.0. The second-order valence-corrected chi connectivity index (χ2v) is 6.75. The molecule has 1 unspecified atom stereocenters. The highest BCUT2D eigenvalue weighted by molar-refractivity contribution is 5.97. The maximum absolute atomic E-state index is 12.0. The molecule has 0 bridgehead atoms. The van der Waals surface area contributed by atoms with Gasteiger partial charge in [-0.3, -0.25) is 14.9 Å². The summed E-state index contributed by atoms with van der Waals surface area (Å²) in [5.74, 6) is -0.870. The Kier molecular flexibility index (Phi) is 11.8. The zero-order chi connectivity index (χ0) is 20.8. The van der Waals surface area contributed by atoms with Gasteiger partial charge in [0.1, 0.15) is 0 Å². The normalized spacial score (nSPS) is 12.4. The minimum atomic E-state index is -1.07. The number of allylic oxidation sites excluding steroid dienone is 1. The molecule has 0 saturated heterocycles. The summed E-state index contributed by atoms with van der Waals surface area (Å²) in [6.07, 6.45) is 11.3. The number of aliphatic hydroxyl groups is 1. The average molecular weight is 393 g/mol. The number of aromatic hydroxyl groups is 1. The van der Waals surface area contributed by atoms with Crippen LogP contribution < -0.4 is 0 Å². The van der Waals surface area contributed by atoms with Crippen molar-refractivity contribution in [2.45, 2.75) is 71.0 Å². The fourth-order valence-electron chi connectivity index (χ4n) is 2.76. The van der Waals surface area contributed by atoms with Crippen molar-refractivity contribution in [3.05, 3.63) is 46.0 Å². The molecule has 28 heavy (non-hydrogen) atoms. The first-order chi connectivity index (χ1) is 13.5. The molecule has 1 atom stereocenters. The summed E-state index contributed by atoms with van der Waals surface area (Å²) < 4.78 is 5.28. The van der Waals surface area contributed by atoms with E-state index in [0.717, 1.165) is 25.0 Å². The summed E-state index contributed by atoms with van der Waals surface area (Å²) in [4.78, 5) is 22.0. The number of hydrogen-bond donors (Lipinski definition) is 2. The number of Topliss-reactive ketones (excluding diaryl/α,β-unsaturated/α-hetero) is 1. The van der Waals surface area contributed by atoms with Gasteiger partial charge in [-0.05, 0) is 24.6 Å². The molecule has 0 heterocycles. The second-order valence-electron chi connectivity index (χ2n) is 6.75. The molecule has 1 rings (SSSR count). The van der Waals surface area contributed by atoms with Gasteiger partial charge in [0.15, 0.2) is 17.8 Å². The van der Waals surface area contributed by atoms with E-state index < -0.39 is 22.7 Å². The van der Waals surface area contributed by atoms with Gasteiger partial charge >= 0.3 is 5.69 Å². The Morgan fingerprint density at radius 1 is 1.18 bits per heavy atom. The third kappa shape index (κ3) is 9.62. The largest absolute Gasteiger partial charge is 0.502 e. The first-order valence-electron chi connectivity index (χ1n) is 9.92. The first kappa shape index (κ1) is 23.8. The number of unbranched alkanes of at least 4 members (excludes halogenated alkanes) is 7. The van der Waals surface area contributed by atoms with Crippen molar-refractivity contribution in [3.63, 3.8) is 0 Å². The number of ketones is 1. The summed E-state index contributed by atoms with van der Waals surface area (Å²) in [5.41, 5.74) is -0.279. The Morgan fingerprint density at radius 2 is 1.82 bits per heavy atom. The van der Waals surface area contributed by atoms with E-state index in [0.29, 0.717) is 6.61 Å². The highest BCUT2D eigenvalue weighted by atomic mass is 16.6. The van der Waals surface area contributed by atoms with E-state index >= 15 is 0 Å². The number of aliphatic hydroxyl groups excluding tert-OH is 1. The van der Waals surface area contributed by atoms with Crippen LogP contribution >= 0.6 is 0 Å². The molecule has 7 nitrogen and oxygen atoms in total.